The fraction of sp³-hybridized carbons (Fsp3) is 0.636. The number of nitrogens with one attached hydrogen (secondary N) is 1. The van der Waals surface area contributed by atoms with Crippen LogP contribution in [0.25, 0.3) is 0 Å². The summed E-state index contributed by atoms with van der Waals surface area (Å²) in [5, 5.41) is 4.85. The first-order valence-corrected chi connectivity index (χ1v) is 7.11. The summed E-state index contributed by atoms with van der Waals surface area (Å²) in [5.41, 5.74) is 1.02. The van der Waals surface area contributed by atoms with E-state index in [1.165, 1.54) is 11.8 Å². The van der Waals surface area contributed by atoms with Gasteiger partial charge in [-0.05, 0) is 19.8 Å². The van der Waals surface area contributed by atoms with Crippen LogP contribution in [0.5, 0.6) is 0 Å². The summed E-state index contributed by atoms with van der Waals surface area (Å²) in [7, 11) is 0. The lowest BCUT2D eigenvalue weighted by atomic mass is 10.2. The number of nitrogens with zero attached hydrogens (tertiary/aromatic N) is 1. The number of hydrogen-bond acceptors (Lipinski definition) is 4. The van der Waals surface area contributed by atoms with Crippen molar-refractivity contribution in [2.45, 2.75) is 37.3 Å². The van der Waals surface area contributed by atoms with Crippen LogP contribution in [0.2, 0.25) is 0 Å². The summed E-state index contributed by atoms with van der Waals surface area (Å²) >= 11 is 3.11. The summed E-state index contributed by atoms with van der Waals surface area (Å²) in [6.07, 6.45) is 0. The minimum Gasteiger partial charge on any atom is -0.355 e. The largest absolute Gasteiger partial charge is 0.355 e. The predicted molar refractivity (Wildman–Crippen MR) is 70.0 cm³/mol. The molecule has 0 aromatic carbocycles. The van der Waals surface area contributed by atoms with E-state index in [1.807, 2.05) is 19.2 Å². The lowest BCUT2D eigenvalue weighted by molar-refractivity contribution is -0.120. The summed E-state index contributed by atoms with van der Waals surface area (Å²) in [6, 6.07) is 0. The van der Waals surface area contributed by atoms with Gasteiger partial charge in [0.1, 0.15) is 0 Å². The third-order valence-corrected chi connectivity index (χ3v) is 4.12. The van der Waals surface area contributed by atoms with Crippen LogP contribution in [-0.4, -0.2) is 22.7 Å². The minimum absolute atomic E-state index is 0.0794. The van der Waals surface area contributed by atoms with E-state index in [0.717, 1.165) is 16.6 Å². The molecular formula is C11H18N2OS2. The average molecular weight is 258 g/mol. The van der Waals surface area contributed by atoms with E-state index >= 15 is 0 Å². The van der Waals surface area contributed by atoms with Crippen LogP contribution in [0.4, 0.5) is 0 Å². The highest BCUT2D eigenvalue weighted by atomic mass is 32.2. The van der Waals surface area contributed by atoms with Crippen molar-refractivity contribution in [2.75, 3.05) is 6.54 Å². The summed E-state index contributed by atoms with van der Waals surface area (Å²) < 4.78 is 0.963. The molecule has 0 bridgehead atoms. The van der Waals surface area contributed by atoms with Gasteiger partial charge in [-0.15, -0.1) is 11.3 Å². The van der Waals surface area contributed by atoms with Gasteiger partial charge in [-0.2, -0.15) is 0 Å². The lowest BCUT2D eigenvalue weighted by Gasteiger charge is -2.11. The number of hydrogen-bond donors (Lipinski definition) is 1. The molecule has 0 saturated heterocycles. The molecule has 0 aliphatic carbocycles. The van der Waals surface area contributed by atoms with Gasteiger partial charge in [-0.25, -0.2) is 4.98 Å². The molecule has 16 heavy (non-hydrogen) atoms. The Morgan fingerprint density at radius 1 is 1.56 bits per heavy atom. The maximum Gasteiger partial charge on any atom is 0.233 e. The van der Waals surface area contributed by atoms with Gasteiger partial charge in [-0.1, -0.05) is 25.6 Å². The molecule has 5 heteroatoms. The van der Waals surface area contributed by atoms with Crippen molar-refractivity contribution < 1.29 is 4.79 Å². The highest BCUT2D eigenvalue weighted by Gasteiger charge is 2.15. The van der Waals surface area contributed by atoms with Crippen molar-refractivity contribution in [1.82, 2.24) is 10.3 Å². The fourth-order valence-corrected chi connectivity index (χ4v) is 3.05. The van der Waals surface area contributed by atoms with Crippen LogP contribution in [0, 0.1) is 12.8 Å². The van der Waals surface area contributed by atoms with Crippen molar-refractivity contribution in [3.63, 3.8) is 0 Å². The number of rotatable bonds is 5. The monoisotopic (exact) mass is 258 g/mol. The topological polar surface area (TPSA) is 42.0 Å². The third kappa shape index (κ3) is 4.53. The van der Waals surface area contributed by atoms with E-state index in [2.05, 4.69) is 24.1 Å². The minimum atomic E-state index is -0.0794. The highest BCUT2D eigenvalue weighted by molar-refractivity contribution is 8.02. The molecule has 1 atom stereocenters. The lowest BCUT2D eigenvalue weighted by Crippen LogP contribution is -2.33. The molecule has 1 aromatic rings. The zero-order valence-corrected chi connectivity index (χ0v) is 11.7. The number of carbonyl (C=O) groups is 1. The first-order chi connectivity index (χ1) is 7.49. The summed E-state index contributed by atoms with van der Waals surface area (Å²) in [6.45, 7) is 8.78. The molecule has 0 saturated carbocycles. The number of thioether (sulfide) groups is 1. The fourth-order valence-electron chi connectivity index (χ4n) is 1.04. The van der Waals surface area contributed by atoms with Gasteiger partial charge in [-0.3, -0.25) is 4.79 Å². The van der Waals surface area contributed by atoms with Crippen LogP contribution < -0.4 is 5.32 Å². The van der Waals surface area contributed by atoms with E-state index in [9.17, 15) is 4.79 Å². The second-order valence-corrected chi connectivity index (χ2v) is 6.60. The van der Waals surface area contributed by atoms with Gasteiger partial charge in [0.05, 0.1) is 5.25 Å². The Labute approximate surface area is 105 Å². The Morgan fingerprint density at radius 2 is 2.25 bits per heavy atom. The molecule has 1 aromatic heterocycles. The maximum atomic E-state index is 11.7. The molecule has 0 unspecified atom stereocenters. The molecule has 0 radical (unpaired) electrons. The number of carbonyl (C=O) groups excluding carboxylic acids is 1. The first kappa shape index (κ1) is 13.5. The van der Waals surface area contributed by atoms with Crippen molar-refractivity contribution in [2.24, 2.45) is 5.92 Å². The van der Waals surface area contributed by atoms with Gasteiger partial charge in [0.15, 0.2) is 4.34 Å². The number of aryl methyl sites for hydroxylation is 1. The van der Waals surface area contributed by atoms with Crippen molar-refractivity contribution >= 4 is 29.0 Å². The van der Waals surface area contributed by atoms with Crippen LogP contribution >= 0.6 is 23.1 Å². The Kier molecular flexibility index (Phi) is 5.28. The molecule has 0 spiro atoms. The molecule has 0 aliphatic heterocycles. The van der Waals surface area contributed by atoms with Crippen LogP contribution in [-0.2, 0) is 4.79 Å². The quantitative estimate of drug-likeness (QED) is 0.826. The highest BCUT2D eigenvalue weighted by Crippen LogP contribution is 2.26. The van der Waals surface area contributed by atoms with Crippen molar-refractivity contribution in [3.05, 3.63) is 11.1 Å². The number of thiazole rings is 1. The number of aromatic nitrogens is 1. The van der Waals surface area contributed by atoms with E-state index in [0.29, 0.717) is 5.92 Å². The second-order valence-electron chi connectivity index (χ2n) is 4.15. The second kappa shape index (κ2) is 6.25. The van der Waals surface area contributed by atoms with E-state index in [4.69, 9.17) is 0 Å². The molecule has 3 nitrogen and oxygen atoms in total. The van der Waals surface area contributed by atoms with Crippen LogP contribution in [0.1, 0.15) is 26.5 Å². The van der Waals surface area contributed by atoms with E-state index in [1.54, 1.807) is 11.3 Å². The predicted octanol–water partition coefficient (Wildman–Crippen LogP) is 2.70. The van der Waals surface area contributed by atoms with Gasteiger partial charge >= 0.3 is 0 Å². The Hall–Kier alpha value is -0.550. The smallest absolute Gasteiger partial charge is 0.233 e. The summed E-state index contributed by atoms with van der Waals surface area (Å²) in [4.78, 5) is 16.0. The van der Waals surface area contributed by atoms with Gasteiger partial charge in [0.2, 0.25) is 5.91 Å². The third-order valence-electron chi connectivity index (χ3n) is 1.93. The van der Waals surface area contributed by atoms with Gasteiger partial charge in [0, 0.05) is 17.6 Å². The zero-order chi connectivity index (χ0) is 12.1. The molecule has 1 N–H and O–H groups in total. The van der Waals surface area contributed by atoms with E-state index < -0.39 is 0 Å². The van der Waals surface area contributed by atoms with Gasteiger partial charge < -0.3 is 5.32 Å². The molecule has 1 amide bonds. The first-order valence-electron chi connectivity index (χ1n) is 5.35. The normalized spacial score (nSPS) is 12.8. The Bertz CT molecular complexity index is 350. The van der Waals surface area contributed by atoms with Crippen LogP contribution in [0.15, 0.2) is 9.72 Å². The molecule has 1 heterocycles. The maximum absolute atomic E-state index is 11.7. The molecule has 0 aliphatic rings. The van der Waals surface area contributed by atoms with E-state index in [-0.39, 0.29) is 11.2 Å². The average Bonchev–Trinajstić information content (AvgIpc) is 2.60. The zero-order valence-electron chi connectivity index (χ0n) is 10.1. The SMILES string of the molecule is Cc1csc(S[C@@H](C)C(=O)NCC(C)C)n1. The number of amides is 1. The molecule has 0 fully saturated rings. The summed E-state index contributed by atoms with van der Waals surface area (Å²) in [5.74, 6) is 0.579. The van der Waals surface area contributed by atoms with Gasteiger partial charge in [0.25, 0.3) is 0 Å². The standard InChI is InChI=1S/C11H18N2OS2/c1-7(2)5-12-10(14)9(4)16-11-13-8(3)6-15-11/h6-7,9H,5H2,1-4H3,(H,12,14)/t9-/m0/s1. The molecule has 90 valence electrons. The van der Waals surface area contributed by atoms with Crippen molar-refractivity contribution in [3.8, 4) is 0 Å². The Balaban J connectivity index is 2.39. The molecular weight excluding hydrogens is 240 g/mol. The molecule has 1 rings (SSSR count). The van der Waals surface area contributed by atoms with Crippen molar-refractivity contribution in [1.29, 1.82) is 0 Å². The van der Waals surface area contributed by atoms with Crippen LogP contribution in [0.3, 0.4) is 0 Å². The Morgan fingerprint density at radius 3 is 2.75 bits per heavy atom.